The van der Waals surface area contributed by atoms with Gasteiger partial charge in [0.15, 0.2) is 5.82 Å². The molecule has 8 rings (SSSR count). The first-order valence-electron chi connectivity index (χ1n) is 23.8. The van der Waals surface area contributed by atoms with Crippen molar-refractivity contribution in [1.82, 2.24) is 40.6 Å². The van der Waals surface area contributed by atoms with E-state index in [0.717, 1.165) is 43.4 Å². The Hall–Kier alpha value is -6.27. The zero-order valence-corrected chi connectivity index (χ0v) is 43.8. The summed E-state index contributed by atoms with van der Waals surface area (Å²) in [5.74, 6) is 0.0851. The Bertz CT molecular complexity index is 2960. The molecule has 2 unspecified atom stereocenters. The van der Waals surface area contributed by atoms with Crippen LogP contribution in [0.5, 0.6) is 5.75 Å². The molecule has 15 nitrogen and oxygen atoms in total. The molecule has 6 heterocycles. The first-order valence-corrected chi connectivity index (χ1v) is 25.8. The number of fused-ring (bicyclic) bond motifs is 3. The lowest BCUT2D eigenvalue weighted by Crippen LogP contribution is -2.58. The van der Waals surface area contributed by atoms with Crippen molar-refractivity contribution in [3.63, 3.8) is 0 Å². The number of benzene rings is 2. The van der Waals surface area contributed by atoms with E-state index in [9.17, 15) is 24.3 Å². The fourth-order valence-electron chi connectivity index (χ4n) is 8.98. The van der Waals surface area contributed by atoms with Gasteiger partial charge < -0.3 is 30.7 Å². The monoisotopic (exact) mass is 1020 g/mol. The van der Waals surface area contributed by atoms with Crippen LogP contribution in [0.4, 0.5) is 0 Å². The minimum absolute atomic E-state index is 0.0461. The van der Waals surface area contributed by atoms with E-state index in [1.165, 1.54) is 27.6 Å². The third-order valence-corrected chi connectivity index (χ3v) is 15.6. The number of likely N-dealkylation sites (tertiary alicyclic amines) is 1. The van der Waals surface area contributed by atoms with Crippen LogP contribution in [-0.4, -0.2) is 96.5 Å². The van der Waals surface area contributed by atoms with Crippen molar-refractivity contribution < 1.29 is 29.0 Å². The first kappa shape index (κ1) is 51.1. The number of hydrogen-bond acceptors (Lipinski definition) is 12. The van der Waals surface area contributed by atoms with Crippen molar-refractivity contribution >= 4 is 63.6 Å². The molecule has 2 aliphatic heterocycles. The summed E-state index contributed by atoms with van der Waals surface area (Å²) in [4.78, 5) is 68.6. The number of halogens is 1. The number of amides is 4. The fraction of sp³-hybridized carbons (Fsp3) is 0.396. The minimum Gasteiger partial charge on any atom is -0.489 e. The number of aliphatic hydroxyl groups excluding tert-OH is 1. The number of carbonyl (C=O) groups excluding carboxylic acids is 4. The number of rotatable bonds is 15. The molecule has 0 saturated carbocycles. The highest BCUT2D eigenvalue weighted by atomic mass is 35.5. The summed E-state index contributed by atoms with van der Waals surface area (Å²) >= 11 is 9.59. The van der Waals surface area contributed by atoms with Crippen LogP contribution in [0.3, 0.4) is 0 Å². The van der Waals surface area contributed by atoms with E-state index >= 15 is 0 Å². The second kappa shape index (κ2) is 21.2. The van der Waals surface area contributed by atoms with Gasteiger partial charge in [0.1, 0.15) is 40.4 Å². The van der Waals surface area contributed by atoms with E-state index in [4.69, 9.17) is 21.3 Å². The molecule has 0 bridgehead atoms. The number of nitrogens with zero attached hydrogens (tertiary/aromatic N) is 6. The van der Waals surface area contributed by atoms with Gasteiger partial charge in [0.05, 0.1) is 36.6 Å². The van der Waals surface area contributed by atoms with Crippen molar-refractivity contribution in [1.29, 1.82) is 0 Å². The summed E-state index contributed by atoms with van der Waals surface area (Å²) in [5.41, 5.74) is 6.27. The molecule has 0 radical (unpaired) electrons. The SMILES string of the molecule is Cc1ccsc1-c1ccc(C(C)NC(=O)[C@@H]2C[C@@H](O)CN2C(=O)[C@@H](NC(=O)c2ccc(OC(C)CCNC(=O)C[C@@H]3N=C(c4ccc(Cl)cc4)c4c(sc(C)c4C)-n4c(C)nnc43)cn2)C(C)(C)C)cc1. The highest BCUT2D eigenvalue weighted by Crippen LogP contribution is 2.40. The zero-order valence-electron chi connectivity index (χ0n) is 41.4. The molecule has 0 aliphatic carbocycles. The van der Waals surface area contributed by atoms with Gasteiger partial charge in [-0.1, -0.05) is 68.8 Å². The predicted molar refractivity (Wildman–Crippen MR) is 278 cm³/mol. The Morgan fingerprint density at radius 2 is 1.65 bits per heavy atom. The molecule has 1 fully saturated rings. The van der Waals surface area contributed by atoms with Crippen LogP contribution in [0.25, 0.3) is 15.4 Å². The number of thiophene rings is 2. The van der Waals surface area contributed by atoms with Crippen LogP contribution in [0.2, 0.25) is 5.02 Å². The third kappa shape index (κ3) is 11.3. The summed E-state index contributed by atoms with van der Waals surface area (Å²) in [6.45, 7) is 17.7. The number of carbonyl (C=O) groups is 4. The molecule has 4 N–H and O–H groups in total. The highest BCUT2D eigenvalue weighted by Gasteiger charge is 2.45. The molecule has 0 spiro atoms. The number of aromatic nitrogens is 4. The fourth-order valence-corrected chi connectivity index (χ4v) is 11.3. The lowest BCUT2D eigenvalue weighted by Gasteiger charge is -2.35. The molecular formula is C53H60ClN9O6S2. The number of β-amino-alcohol motifs (C(OH)–C–C–N with tert-alkyl or cyclic N) is 1. The average Bonchev–Trinajstić information content (AvgIpc) is 4.10. The van der Waals surface area contributed by atoms with E-state index in [1.807, 2.05) is 94.6 Å². The van der Waals surface area contributed by atoms with Crippen LogP contribution in [0, 0.1) is 33.1 Å². The number of ether oxygens (including phenoxy) is 1. The minimum atomic E-state index is -1.04. The standard InChI is InChI=1S/C53H60ClN9O6S2/c1-28-21-23-70-46(28)36-12-10-34(11-13-36)31(4)57-50(67)42-24-38(64)27-62(42)51(68)47(53(7,8)9)59-49(66)40-19-18-39(26-56-40)69-29(2)20-22-55-43(65)25-41-48-61-60-33(6)63(48)52-44(30(3)32(5)71-52)45(58-41)35-14-16-37(54)17-15-35/h10-19,21,23,26,29,31,38,41-42,47,64H,20,22,24-25,27H2,1-9H3,(H,55,65)(H,57,67)(H,59,66)/t29?,31?,38-,41+,42+,47-/m1/s1. The van der Waals surface area contributed by atoms with Crippen molar-refractivity contribution in [2.75, 3.05) is 13.1 Å². The normalized spacial score (nSPS) is 17.8. The van der Waals surface area contributed by atoms with Gasteiger partial charge >= 0.3 is 0 Å². The van der Waals surface area contributed by atoms with Gasteiger partial charge in [-0.05, 0) is 105 Å². The van der Waals surface area contributed by atoms with Gasteiger partial charge in [0, 0.05) is 51.8 Å². The molecule has 372 valence electrons. The largest absolute Gasteiger partial charge is 0.489 e. The van der Waals surface area contributed by atoms with Crippen LogP contribution < -0.4 is 20.7 Å². The maximum atomic E-state index is 14.3. The van der Waals surface area contributed by atoms with E-state index in [1.54, 1.807) is 28.7 Å². The maximum absolute atomic E-state index is 14.3. The smallest absolute Gasteiger partial charge is 0.270 e. The summed E-state index contributed by atoms with van der Waals surface area (Å²) in [6.07, 6.45) is 0.803. The Labute approximate surface area is 427 Å². The summed E-state index contributed by atoms with van der Waals surface area (Å²) in [6, 6.07) is 17.9. The van der Waals surface area contributed by atoms with Crippen molar-refractivity contribution in [3.05, 3.63) is 133 Å². The molecule has 2 aromatic carbocycles. The van der Waals surface area contributed by atoms with Gasteiger partial charge in [-0.25, -0.2) is 4.98 Å². The lowest BCUT2D eigenvalue weighted by molar-refractivity contribution is -0.142. The molecule has 4 amide bonds. The Kier molecular flexibility index (Phi) is 15.3. The van der Waals surface area contributed by atoms with Crippen LogP contribution in [0.1, 0.15) is 121 Å². The zero-order chi connectivity index (χ0) is 50.9. The Balaban J connectivity index is 0.850. The van der Waals surface area contributed by atoms with Crippen LogP contribution in [0.15, 0.2) is 83.3 Å². The number of hydrogen-bond donors (Lipinski definition) is 4. The molecule has 4 aromatic heterocycles. The topological polar surface area (TPSA) is 193 Å². The van der Waals surface area contributed by atoms with Crippen molar-refractivity contribution in [3.8, 4) is 21.2 Å². The molecule has 1 saturated heterocycles. The molecular weight excluding hydrogens is 958 g/mol. The summed E-state index contributed by atoms with van der Waals surface area (Å²) in [5, 5.41) is 32.2. The second-order valence-electron chi connectivity index (χ2n) is 19.5. The lowest BCUT2D eigenvalue weighted by atomic mass is 9.85. The quantitative estimate of drug-likeness (QED) is 0.0780. The van der Waals surface area contributed by atoms with Crippen molar-refractivity contribution in [2.24, 2.45) is 10.4 Å². The van der Waals surface area contributed by atoms with Gasteiger partial charge in [-0.15, -0.1) is 32.9 Å². The van der Waals surface area contributed by atoms with E-state index in [-0.39, 0.29) is 49.0 Å². The second-order valence-corrected chi connectivity index (χ2v) is 22.1. The molecule has 6 atom stereocenters. The van der Waals surface area contributed by atoms with Gasteiger partial charge in [0.25, 0.3) is 5.91 Å². The number of aliphatic imine (C=N–C) groups is 1. The van der Waals surface area contributed by atoms with Crippen LogP contribution >= 0.6 is 34.3 Å². The molecule has 18 heteroatoms. The third-order valence-electron chi connectivity index (χ3n) is 13.1. The first-order chi connectivity index (χ1) is 33.8. The maximum Gasteiger partial charge on any atom is 0.270 e. The Morgan fingerprint density at radius 1 is 0.930 bits per heavy atom. The number of pyridine rings is 1. The Morgan fingerprint density at radius 3 is 2.31 bits per heavy atom. The number of aryl methyl sites for hydroxylation is 3. The van der Waals surface area contributed by atoms with E-state index in [0.29, 0.717) is 35.4 Å². The highest BCUT2D eigenvalue weighted by molar-refractivity contribution is 7.15. The van der Waals surface area contributed by atoms with Crippen LogP contribution in [-0.2, 0) is 14.4 Å². The van der Waals surface area contributed by atoms with Gasteiger partial charge in [-0.2, -0.15) is 0 Å². The van der Waals surface area contributed by atoms with E-state index < -0.39 is 41.5 Å². The number of nitrogens with one attached hydrogen (secondary N) is 3. The molecule has 6 aromatic rings. The average molecular weight is 1020 g/mol. The summed E-state index contributed by atoms with van der Waals surface area (Å²) < 4.78 is 8.13. The number of aliphatic hydroxyl groups is 1. The van der Waals surface area contributed by atoms with Gasteiger partial charge in [0.2, 0.25) is 17.7 Å². The predicted octanol–water partition coefficient (Wildman–Crippen LogP) is 8.58. The van der Waals surface area contributed by atoms with Gasteiger partial charge in [-0.3, -0.25) is 28.7 Å². The van der Waals surface area contributed by atoms with Crippen molar-refractivity contribution in [2.45, 2.75) is 118 Å². The summed E-state index contributed by atoms with van der Waals surface area (Å²) in [7, 11) is 0. The van der Waals surface area contributed by atoms with E-state index in [2.05, 4.69) is 63.3 Å². The molecule has 71 heavy (non-hydrogen) atoms. The molecule has 2 aliphatic rings.